The molecule has 0 unspecified atom stereocenters. The van der Waals surface area contributed by atoms with Gasteiger partial charge in [0.15, 0.2) is 0 Å². The summed E-state index contributed by atoms with van der Waals surface area (Å²) in [6, 6.07) is 28.9. The topological polar surface area (TPSA) is 0 Å². The van der Waals surface area contributed by atoms with Gasteiger partial charge in [0.05, 0.1) is 0 Å². The third-order valence-electron chi connectivity index (χ3n) is 11.6. The van der Waals surface area contributed by atoms with Crippen molar-refractivity contribution in [3.05, 3.63) is 95.1 Å². The van der Waals surface area contributed by atoms with Gasteiger partial charge in [0.2, 0.25) is 0 Å². The van der Waals surface area contributed by atoms with Crippen molar-refractivity contribution < 1.29 is 0 Å². The van der Waals surface area contributed by atoms with E-state index in [0.29, 0.717) is 0 Å². The van der Waals surface area contributed by atoms with Crippen molar-refractivity contribution in [3.8, 4) is 0 Å². The van der Waals surface area contributed by atoms with Crippen LogP contribution >= 0.6 is 0 Å². The van der Waals surface area contributed by atoms with E-state index in [1.54, 1.807) is 0 Å². The molecule has 0 saturated carbocycles. The van der Waals surface area contributed by atoms with Crippen molar-refractivity contribution in [2.24, 2.45) is 0 Å². The van der Waals surface area contributed by atoms with E-state index in [0.717, 1.165) is 0 Å². The summed E-state index contributed by atoms with van der Waals surface area (Å²) in [5.74, 6) is 0. The highest BCUT2D eigenvalue weighted by atomic mass is 14.4. The molecule has 48 heavy (non-hydrogen) atoms. The lowest BCUT2D eigenvalue weighted by Gasteiger charge is -2.35. The number of rotatable bonds is 0. The van der Waals surface area contributed by atoms with E-state index in [9.17, 15) is 0 Å². The van der Waals surface area contributed by atoms with E-state index in [4.69, 9.17) is 0 Å². The minimum Gasteiger partial charge on any atom is -0.0616 e. The first kappa shape index (κ1) is 29.9. The van der Waals surface area contributed by atoms with Crippen molar-refractivity contribution >= 4 is 86.2 Å². The Kier molecular flexibility index (Phi) is 5.55. The molecule has 0 fully saturated rings. The zero-order valence-electron chi connectivity index (χ0n) is 30.9. The van der Waals surface area contributed by atoms with Gasteiger partial charge in [0.1, 0.15) is 0 Å². The third kappa shape index (κ3) is 3.67. The van der Waals surface area contributed by atoms with Gasteiger partial charge in [0, 0.05) is 0 Å². The van der Waals surface area contributed by atoms with Crippen molar-refractivity contribution in [2.45, 2.75) is 105 Å². The third-order valence-corrected chi connectivity index (χ3v) is 11.6. The molecule has 0 saturated heterocycles. The molecule has 0 heteroatoms. The molecule has 240 valence electrons. The van der Waals surface area contributed by atoms with Gasteiger partial charge in [0.25, 0.3) is 0 Å². The Hall–Kier alpha value is -4.16. The van der Waals surface area contributed by atoms with Crippen LogP contribution in [0.25, 0.3) is 86.2 Å². The van der Waals surface area contributed by atoms with Gasteiger partial charge < -0.3 is 0 Å². The minimum atomic E-state index is -0.0321. The monoisotopic (exact) mass is 624 g/mol. The molecule has 0 N–H and O–H groups in total. The van der Waals surface area contributed by atoms with Gasteiger partial charge >= 0.3 is 0 Å². The molecule has 0 radical (unpaired) electrons. The van der Waals surface area contributed by atoms with E-state index in [1.165, 1.54) is 108 Å². The van der Waals surface area contributed by atoms with E-state index < -0.39 is 0 Å². The largest absolute Gasteiger partial charge is 0.0616 e. The summed E-state index contributed by atoms with van der Waals surface area (Å²) in [5.41, 5.74) is 5.70. The van der Waals surface area contributed by atoms with Crippen LogP contribution in [-0.4, -0.2) is 0 Å². The van der Waals surface area contributed by atoms with E-state index >= 15 is 0 Å². The Bertz CT molecular complexity index is 2400. The second kappa shape index (κ2) is 8.89. The molecule has 9 rings (SSSR count). The second-order valence-corrected chi connectivity index (χ2v) is 19.0. The number of benzene rings is 9. The van der Waals surface area contributed by atoms with Crippen molar-refractivity contribution in [1.29, 1.82) is 0 Å². The Labute approximate surface area is 285 Å². The molecule has 0 bridgehead atoms. The van der Waals surface area contributed by atoms with Crippen LogP contribution in [0.3, 0.4) is 0 Å². The summed E-state index contributed by atoms with van der Waals surface area (Å²) in [6.07, 6.45) is 0. The predicted molar refractivity (Wildman–Crippen MR) is 215 cm³/mol. The molecule has 0 aromatic heterocycles. The highest BCUT2D eigenvalue weighted by Gasteiger charge is 2.34. The first-order valence-corrected chi connectivity index (χ1v) is 18.0. The van der Waals surface area contributed by atoms with Crippen LogP contribution in [0, 0.1) is 0 Å². The minimum absolute atomic E-state index is 0.0321. The number of hydrogen-bond acceptors (Lipinski definition) is 0. The molecule has 9 aromatic carbocycles. The standard InChI is InChI=1S/C48H48/c1-45(2,3)33-21-29-25-17-13-14-18-26(25)31-23-35(47(7,8)9)42-36(48(10,11)12)24-32-28-20-16-15-19-27(28)30-22-34(46(4,5)6)41(33)43-37(29)39(31)44(42)40(32)38(30)43/h13-24H,1-12H3. The predicted octanol–water partition coefficient (Wildman–Crippen LogP) is 14.4. The summed E-state index contributed by atoms with van der Waals surface area (Å²) in [6.45, 7) is 28.9. The molecular formula is C48H48. The van der Waals surface area contributed by atoms with Gasteiger partial charge in [-0.25, -0.2) is 0 Å². The number of hydrogen-bond donors (Lipinski definition) is 0. The van der Waals surface area contributed by atoms with Crippen LogP contribution in [0.2, 0.25) is 0 Å². The van der Waals surface area contributed by atoms with Crippen LogP contribution in [0.15, 0.2) is 72.8 Å². The Morgan fingerprint density at radius 3 is 0.646 bits per heavy atom. The lowest BCUT2D eigenvalue weighted by atomic mass is 9.68. The second-order valence-electron chi connectivity index (χ2n) is 19.0. The molecule has 0 nitrogen and oxygen atoms in total. The fraction of sp³-hybridized carbons (Fsp3) is 0.333. The molecule has 0 amide bonds. The molecule has 0 spiro atoms. The highest BCUT2D eigenvalue weighted by molar-refractivity contribution is 6.51. The van der Waals surface area contributed by atoms with Crippen LogP contribution in [-0.2, 0) is 21.7 Å². The van der Waals surface area contributed by atoms with Crippen LogP contribution < -0.4 is 0 Å². The maximum absolute atomic E-state index is 2.60. The summed E-state index contributed by atoms with van der Waals surface area (Å²) in [5, 5.41) is 22.8. The van der Waals surface area contributed by atoms with Gasteiger partial charge in [-0.1, -0.05) is 132 Å². The quantitative estimate of drug-likeness (QED) is 0.116. The zero-order valence-corrected chi connectivity index (χ0v) is 30.9. The van der Waals surface area contributed by atoms with Crippen molar-refractivity contribution in [2.75, 3.05) is 0 Å². The molecule has 0 heterocycles. The maximum atomic E-state index is 2.60. The summed E-state index contributed by atoms with van der Waals surface area (Å²) in [7, 11) is 0. The lowest BCUT2D eigenvalue weighted by molar-refractivity contribution is 0.581. The maximum Gasteiger partial charge on any atom is -0.000708 e. The van der Waals surface area contributed by atoms with Gasteiger partial charge in [-0.15, -0.1) is 0 Å². The first-order valence-electron chi connectivity index (χ1n) is 18.0. The molecular weight excluding hydrogens is 577 g/mol. The van der Waals surface area contributed by atoms with Crippen LogP contribution in [0.5, 0.6) is 0 Å². The average molecular weight is 625 g/mol. The van der Waals surface area contributed by atoms with Crippen molar-refractivity contribution in [3.63, 3.8) is 0 Å². The summed E-state index contributed by atoms with van der Waals surface area (Å²) in [4.78, 5) is 0. The van der Waals surface area contributed by atoms with Gasteiger partial charge in [-0.05, 0) is 154 Å². The van der Waals surface area contributed by atoms with E-state index in [2.05, 4.69) is 156 Å². The van der Waals surface area contributed by atoms with Gasteiger partial charge in [-0.3, -0.25) is 0 Å². The fourth-order valence-electron chi connectivity index (χ4n) is 9.43. The molecule has 0 atom stereocenters. The molecule has 0 aliphatic heterocycles. The normalized spacial score (nSPS) is 14.2. The molecule has 0 aliphatic rings. The fourth-order valence-corrected chi connectivity index (χ4v) is 9.43. The SMILES string of the molecule is CC(C)(C)c1cc2c3ccccc3c3cc(C(C)(C)C)c4c(C(C)(C)C)cc5c6ccccc6c6cc(C(C)(C)C)c1c1c2c3c4c5c61. The van der Waals surface area contributed by atoms with Gasteiger partial charge in [-0.2, -0.15) is 0 Å². The van der Waals surface area contributed by atoms with Crippen molar-refractivity contribution in [1.82, 2.24) is 0 Å². The first-order chi connectivity index (χ1) is 22.4. The summed E-state index contributed by atoms with van der Waals surface area (Å²) >= 11 is 0. The average Bonchev–Trinajstić information content (AvgIpc) is 3.00. The summed E-state index contributed by atoms with van der Waals surface area (Å²) < 4.78 is 0. The highest BCUT2D eigenvalue weighted by Crippen LogP contribution is 2.58. The Balaban J connectivity index is 1.81. The molecule has 0 aliphatic carbocycles. The Morgan fingerprint density at radius 2 is 0.458 bits per heavy atom. The van der Waals surface area contributed by atoms with E-state index in [-0.39, 0.29) is 21.7 Å². The van der Waals surface area contributed by atoms with Crippen LogP contribution in [0.1, 0.15) is 105 Å². The lowest BCUT2D eigenvalue weighted by Crippen LogP contribution is -2.19. The number of fused-ring (bicyclic) bond motifs is 6. The zero-order chi connectivity index (χ0) is 34.0. The smallest absolute Gasteiger partial charge is 0.000708 e. The van der Waals surface area contributed by atoms with E-state index in [1.807, 2.05) is 0 Å². The van der Waals surface area contributed by atoms with Crippen LogP contribution in [0.4, 0.5) is 0 Å². The Morgan fingerprint density at radius 1 is 0.250 bits per heavy atom. The molecule has 9 aromatic rings.